The minimum absolute atomic E-state index is 0.576. The second-order valence-corrected chi connectivity index (χ2v) is 6.31. The molecule has 0 saturated heterocycles. The molecule has 2 N–H and O–H groups in total. The summed E-state index contributed by atoms with van der Waals surface area (Å²) in [4.78, 5) is 4.68. The third-order valence-electron chi connectivity index (χ3n) is 4.47. The highest BCUT2D eigenvalue weighted by molar-refractivity contribution is 5.80. The van der Waals surface area contributed by atoms with Gasteiger partial charge in [-0.2, -0.15) is 5.10 Å². The van der Waals surface area contributed by atoms with Gasteiger partial charge in [0.05, 0.1) is 19.3 Å². The van der Waals surface area contributed by atoms with Crippen LogP contribution in [0.15, 0.2) is 17.4 Å². The van der Waals surface area contributed by atoms with E-state index in [1.54, 1.807) is 0 Å². The van der Waals surface area contributed by atoms with E-state index >= 15 is 0 Å². The Morgan fingerprint density at radius 2 is 2.09 bits per heavy atom. The standard InChI is InChI=1S/C17H31N5/c1-4-15-6-8-16(9-7-15)21-17(18-5-2)19-10-11-22-13-14(3)12-20-22/h12-13,15-16H,4-11H2,1-3H3,(H2,18,19,21). The van der Waals surface area contributed by atoms with Crippen LogP contribution in [0.3, 0.4) is 0 Å². The van der Waals surface area contributed by atoms with E-state index in [2.05, 4.69) is 47.7 Å². The van der Waals surface area contributed by atoms with Crippen LogP contribution in [0.5, 0.6) is 0 Å². The molecule has 22 heavy (non-hydrogen) atoms. The van der Waals surface area contributed by atoms with Gasteiger partial charge in [-0.25, -0.2) is 0 Å². The number of rotatable bonds is 6. The van der Waals surface area contributed by atoms with Crippen LogP contribution in [0.1, 0.15) is 51.5 Å². The fourth-order valence-corrected chi connectivity index (χ4v) is 3.08. The van der Waals surface area contributed by atoms with Crippen molar-refractivity contribution in [2.24, 2.45) is 10.9 Å². The molecule has 0 spiro atoms. The zero-order chi connectivity index (χ0) is 15.8. The Balaban J connectivity index is 1.79. The molecule has 0 radical (unpaired) electrons. The summed E-state index contributed by atoms with van der Waals surface area (Å²) in [5, 5.41) is 11.3. The summed E-state index contributed by atoms with van der Waals surface area (Å²) in [6.07, 6.45) is 10.5. The number of aryl methyl sites for hydroxylation is 1. The second-order valence-electron chi connectivity index (χ2n) is 6.31. The zero-order valence-corrected chi connectivity index (χ0v) is 14.3. The molecular weight excluding hydrogens is 274 g/mol. The lowest BCUT2D eigenvalue weighted by molar-refractivity contribution is 0.304. The largest absolute Gasteiger partial charge is 0.357 e. The molecule has 1 aromatic heterocycles. The van der Waals surface area contributed by atoms with Gasteiger partial charge in [-0.1, -0.05) is 13.3 Å². The fraction of sp³-hybridized carbons (Fsp3) is 0.765. The average Bonchev–Trinajstić information content (AvgIpc) is 2.94. The van der Waals surface area contributed by atoms with E-state index in [0.717, 1.165) is 31.5 Å². The van der Waals surface area contributed by atoms with Crippen LogP contribution in [-0.2, 0) is 6.54 Å². The Bertz CT molecular complexity index is 457. The fourth-order valence-electron chi connectivity index (χ4n) is 3.08. The van der Waals surface area contributed by atoms with Gasteiger partial charge in [0, 0.05) is 18.8 Å². The smallest absolute Gasteiger partial charge is 0.191 e. The molecule has 2 rings (SSSR count). The van der Waals surface area contributed by atoms with Crippen LogP contribution in [0, 0.1) is 12.8 Å². The highest BCUT2D eigenvalue weighted by Gasteiger charge is 2.20. The molecule has 0 aromatic carbocycles. The molecule has 1 fully saturated rings. The highest BCUT2D eigenvalue weighted by atomic mass is 15.3. The van der Waals surface area contributed by atoms with E-state index in [1.807, 2.05) is 10.9 Å². The van der Waals surface area contributed by atoms with Gasteiger partial charge in [-0.15, -0.1) is 0 Å². The second kappa shape index (κ2) is 8.81. The Hall–Kier alpha value is -1.52. The van der Waals surface area contributed by atoms with Gasteiger partial charge in [-0.05, 0) is 51.0 Å². The molecule has 1 aliphatic rings. The summed E-state index contributed by atoms with van der Waals surface area (Å²) in [7, 11) is 0. The highest BCUT2D eigenvalue weighted by Crippen LogP contribution is 2.26. The average molecular weight is 305 g/mol. The molecule has 1 saturated carbocycles. The zero-order valence-electron chi connectivity index (χ0n) is 14.3. The molecule has 124 valence electrons. The van der Waals surface area contributed by atoms with Gasteiger partial charge in [0.2, 0.25) is 0 Å². The van der Waals surface area contributed by atoms with E-state index in [0.29, 0.717) is 6.04 Å². The maximum Gasteiger partial charge on any atom is 0.191 e. The maximum absolute atomic E-state index is 4.68. The lowest BCUT2D eigenvalue weighted by Gasteiger charge is -2.29. The van der Waals surface area contributed by atoms with Crippen molar-refractivity contribution in [2.45, 2.75) is 65.5 Å². The summed E-state index contributed by atoms with van der Waals surface area (Å²) < 4.78 is 1.95. The number of hydrogen-bond acceptors (Lipinski definition) is 2. The van der Waals surface area contributed by atoms with Gasteiger partial charge in [-0.3, -0.25) is 9.67 Å². The van der Waals surface area contributed by atoms with Gasteiger partial charge in [0.1, 0.15) is 0 Å². The molecule has 0 aliphatic heterocycles. The lowest BCUT2D eigenvalue weighted by atomic mass is 9.84. The van der Waals surface area contributed by atoms with Crippen molar-refractivity contribution in [3.63, 3.8) is 0 Å². The third-order valence-corrected chi connectivity index (χ3v) is 4.47. The van der Waals surface area contributed by atoms with E-state index in [1.165, 1.54) is 37.7 Å². The summed E-state index contributed by atoms with van der Waals surface area (Å²) >= 11 is 0. The summed E-state index contributed by atoms with van der Waals surface area (Å²) in [6.45, 7) is 8.96. The topological polar surface area (TPSA) is 54.2 Å². The Kier molecular flexibility index (Phi) is 6.74. The minimum atomic E-state index is 0.576. The van der Waals surface area contributed by atoms with E-state index < -0.39 is 0 Å². The van der Waals surface area contributed by atoms with Crippen LogP contribution in [0.4, 0.5) is 0 Å². The SMILES string of the molecule is CCNC(=NCCn1cc(C)cn1)NC1CCC(CC)CC1. The maximum atomic E-state index is 4.68. The molecular formula is C17H31N5. The van der Waals surface area contributed by atoms with Gasteiger partial charge >= 0.3 is 0 Å². The van der Waals surface area contributed by atoms with Crippen molar-refractivity contribution >= 4 is 5.96 Å². The molecule has 1 heterocycles. The van der Waals surface area contributed by atoms with Crippen LogP contribution < -0.4 is 10.6 Å². The monoisotopic (exact) mass is 305 g/mol. The van der Waals surface area contributed by atoms with Crippen molar-refractivity contribution in [3.05, 3.63) is 18.0 Å². The van der Waals surface area contributed by atoms with Crippen molar-refractivity contribution < 1.29 is 0 Å². The minimum Gasteiger partial charge on any atom is -0.357 e. The first-order valence-corrected chi connectivity index (χ1v) is 8.75. The normalized spacial score (nSPS) is 22.6. The van der Waals surface area contributed by atoms with Crippen molar-refractivity contribution in [1.82, 2.24) is 20.4 Å². The third kappa shape index (κ3) is 5.35. The van der Waals surface area contributed by atoms with Gasteiger partial charge in [0.15, 0.2) is 5.96 Å². The van der Waals surface area contributed by atoms with Crippen molar-refractivity contribution in [1.29, 1.82) is 0 Å². The lowest BCUT2D eigenvalue weighted by Crippen LogP contribution is -2.45. The van der Waals surface area contributed by atoms with E-state index in [9.17, 15) is 0 Å². The Morgan fingerprint density at radius 1 is 1.32 bits per heavy atom. The molecule has 5 heteroatoms. The van der Waals surface area contributed by atoms with Crippen LogP contribution in [0.2, 0.25) is 0 Å². The van der Waals surface area contributed by atoms with Crippen LogP contribution >= 0.6 is 0 Å². The predicted octanol–water partition coefficient (Wildman–Crippen LogP) is 2.72. The van der Waals surface area contributed by atoms with E-state index in [4.69, 9.17) is 0 Å². The number of aromatic nitrogens is 2. The molecule has 0 atom stereocenters. The summed E-state index contributed by atoms with van der Waals surface area (Å²) in [6, 6.07) is 0.576. The Morgan fingerprint density at radius 3 is 2.68 bits per heavy atom. The number of nitrogens with one attached hydrogen (secondary N) is 2. The Labute approximate surface area is 134 Å². The van der Waals surface area contributed by atoms with Crippen LogP contribution in [0.25, 0.3) is 0 Å². The van der Waals surface area contributed by atoms with Crippen molar-refractivity contribution in [3.8, 4) is 0 Å². The van der Waals surface area contributed by atoms with Gasteiger partial charge < -0.3 is 10.6 Å². The molecule has 0 amide bonds. The number of aliphatic imine (C=N–C) groups is 1. The first-order valence-electron chi connectivity index (χ1n) is 8.75. The number of hydrogen-bond donors (Lipinski definition) is 2. The molecule has 1 aliphatic carbocycles. The van der Waals surface area contributed by atoms with Crippen LogP contribution in [-0.4, -0.2) is 34.9 Å². The first kappa shape index (κ1) is 16.8. The molecule has 0 unspecified atom stereocenters. The van der Waals surface area contributed by atoms with Gasteiger partial charge in [0.25, 0.3) is 0 Å². The summed E-state index contributed by atoms with van der Waals surface area (Å²) in [5.74, 6) is 1.88. The number of guanidine groups is 1. The van der Waals surface area contributed by atoms with Crippen molar-refractivity contribution in [2.75, 3.05) is 13.1 Å². The number of nitrogens with zero attached hydrogens (tertiary/aromatic N) is 3. The molecule has 5 nitrogen and oxygen atoms in total. The molecule has 0 bridgehead atoms. The first-order chi connectivity index (χ1) is 10.7. The summed E-state index contributed by atoms with van der Waals surface area (Å²) in [5.41, 5.74) is 1.20. The quantitative estimate of drug-likeness (QED) is 0.627. The predicted molar refractivity (Wildman–Crippen MR) is 92.1 cm³/mol. The van der Waals surface area contributed by atoms with E-state index in [-0.39, 0.29) is 0 Å². The molecule has 1 aromatic rings.